The van der Waals surface area contributed by atoms with Crippen LogP contribution in [0.15, 0.2) is 24.3 Å². The molecule has 1 aromatic rings. The minimum Gasteiger partial charge on any atom is -0.481 e. The molecule has 76 valence electrons. The molecule has 0 bridgehead atoms. The number of hydrogen-bond acceptors (Lipinski definition) is 3. The van der Waals surface area contributed by atoms with Crippen molar-refractivity contribution in [2.75, 3.05) is 5.73 Å². The first kappa shape index (κ1) is 10.5. The SMILES string of the molecule is CC(N)(CC(=O)O)c1ccc(N)cc1. The van der Waals surface area contributed by atoms with E-state index in [1.165, 1.54) is 0 Å². The van der Waals surface area contributed by atoms with Crippen molar-refractivity contribution < 1.29 is 9.90 Å². The van der Waals surface area contributed by atoms with Crippen LogP contribution in [-0.4, -0.2) is 11.1 Å². The number of nitrogens with two attached hydrogens (primary N) is 2. The minimum absolute atomic E-state index is 0.100. The highest BCUT2D eigenvalue weighted by molar-refractivity contribution is 5.68. The summed E-state index contributed by atoms with van der Waals surface area (Å²) in [7, 11) is 0. The summed E-state index contributed by atoms with van der Waals surface area (Å²) in [5.74, 6) is -0.910. The van der Waals surface area contributed by atoms with E-state index in [0.717, 1.165) is 5.56 Å². The number of carboxylic acid groups (broad SMARTS) is 1. The van der Waals surface area contributed by atoms with Crippen LogP contribution in [0.1, 0.15) is 18.9 Å². The Morgan fingerprint density at radius 2 is 1.93 bits per heavy atom. The Labute approximate surface area is 82.5 Å². The van der Waals surface area contributed by atoms with Crippen LogP contribution < -0.4 is 11.5 Å². The standard InChI is InChI=1S/C10H14N2O2/c1-10(12,6-9(13)14)7-2-4-8(11)5-3-7/h2-5H,6,11-12H2,1H3,(H,13,14). The van der Waals surface area contributed by atoms with Gasteiger partial charge in [-0.3, -0.25) is 4.79 Å². The van der Waals surface area contributed by atoms with Gasteiger partial charge in [0.1, 0.15) is 0 Å². The van der Waals surface area contributed by atoms with E-state index in [9.17, 15) is 4.79 Å². The summed E-state index contributed by atoms with van der Waals surface area (Å²) >= 11 is 0. The molecule has 1 atom stereocenters. The topological polar surface area (TPSA) is 89.3 Å². The summed E-state index contributed by atoms with van der Waals surface area (Å²) in [5.41, 5.74) is 11.9. The number of benzene rings is 1. The van der Waals surface area contributed by atoms with Crippen molar-refractivity contribution in [1.82, 2.24) is 0 Å². The van der Waals surface area contributed by atoms with E-state index in [-0.39, 0.29) is 6.42 Å². The largest absolute Gasteiger partial charge is 0.481 e. The van der Waals surface area contributed by atoms with Crippen LogP contribution in [0.25, 0.3) is 0 Å². The highest BCUT2D eigenvalue weighted by Gasteiger charge is 2.24. The Balaban J connectivity index is 2.91. The maximum Gasteiger partial charge on any atom is 0.305 e. The summed E-state index contributed by atoms with van der Waals surface area (Å²) in [6, 6.07) is 6.92. The number of carboxylic acids is 1. The van der Waals surface area contributed by atoms with E-state index < -0.39 is 11.5 Å². The van der Waals surface area contributed by atoms with Crippen molar-refractivity contribution in [3.05, 3.63) is 29.8 Å². The Morgan fingerprint density at radius 1 is 1.43 bits per heavy atom. The van der Waals surface area contributed by atoms with E-state index in [1.54, 1.807) is 31.2 Å². The van der Waals surface area contributed by atoms with Gasteiger partial charge in [0.15, 0.2) is 0 Å². The van der Waals surface area contributed by atoms with Gasteiger partial charge in [-0.25, -0.2) is 0 Å². The molecule has 1 rings (SSSR count). The highest BCUT2D eigenvalue weighted by atomic mass is 16.4. The predicted octanol–water partition coefficient (Wildman–Crippen LogP) is 0.917. The molecular weight excluding hydrogens is 180 g/mol. The summed E-state index contributed by atoms with van der Waals surface area (Å²) < 4.78 is 0. The lowest BCUT2D eigenvalue weighted by Gasteiger charge is -2.23. The molecule has 4 heteroatoms. The van der Waals surface area contributed by atoms with Crippen LogP contribution in [0.5, 0.6) is 0 Å². The molecule has 0 amide bonds. The first-order chi connectivity index (χ1) is 6.42. The van der Waals surface area contributed by atoms with Gasteiger partial charge < -0.3 is 16.6 Å². The molecule has 0 spiro atoms. The van der Waals surface area contributed by atoms with Gasteiger partial charge in [-0.05, 0) is 24.6 Å². The number of nitrogen functional groups attached to an aromatic ring is 1. The number of hydrogen-bond donors (Lipinski definition) is 3. The van der Waals surface area contributed by atoms with Crippen molar-refractivity contribution in [1.29, 1.82) is 0 Å². The van der Waals surface area contributed by atoms with E-state index >= 15 is 0 Å². The summed E-state index contributed by atoms with van der Waals surface area (Å²) in [6.07, 6.45) is -0.100. The predicted molar refractivity (Wildman–Crippen MR) is 54.6 cm³/mol. The lowest BCUT2D eigenvalue weighted by atomic mass is 9.90. The number of rotatable bonds is 3. The second kappa shape index (κ2) is 3.67. The van der Waals surface area contributed by atoms with Gasteiger partial charge >= 0.3 is 5.97 Å². The summed E-state index contributed by atoms with van der Waals surface area (Å²) in [6.45, 7) is 1.69. The average molecular weight is 194 g/mol. The molecule has 0 aliphatic rings. The Bertz CT molecular complexity index is 330. The Morgan fingerprint density at radius 3 is 2.36 bits per heavy atom. The van der Waals surface area contributed by atoms with Crippen LogP contribution in [-0.2, 0) is 10.3 Å². The smallest absolute Gasteiger partial charge is 0.305 e. The first-order valence-corrected chi connectivity index (χ1v) is 4.28. The second-order valence-corrected chi connectivity index (χ2v) is 3.61. The lowest BCUT2D eigenvalue weighted by molar-refractivity contribution is -0.138. The van der Waals surface area contributed by atoms with E-state index in [4.69, 9.17) is 16.6 Å². The summed E-state index contributed by atoms with van der Waals surface area (Å²) in [4.78, 5) is 10.6. The molecule has 0 aliphatic carbocycles. The normalized spacial score (nSPS) is 14.7. The van der Waals surface area contributed by atoms with E-state index in [0.29, 0.717) is 5.69 Å². The first-order valence-electron chi connectivity index (χ1n) is 4.28. The van der Waals surface area contributed by atoms with Gasteiger partial charge in [-0.15, -0.1) is 0 Å². The quantitative estimate of drug-likeness (QED) is 0.624. The molecule has 14 heavy (non-hydrogen) atoms. The fourth-order valence-electron chi connectivity index (χ4n) is 1.28. The van der Waals surface area contributed by atoms with Gasteiger partial charge in [0.25, 0.3) is 0 Å². The lowest BCUT2D eigenvalue weighted by Crippen LogP contribution is -2.35. The van der Waals surface area contributed by atoms with Gasteiger partial charge in [0.05, 0.1) is 6.42 Å². The summed E-state index contributed by atoms with van der Waals surface area (Å²) in [5, 5.41) is 8.66. The number of aliphatic carboxylic acids is 1. The molecule has 0 heterocycles. The van der Waals surface area contributed by atoms with Crippen LogP contribution in [0, 0.1) is 0 Å². The molecule has 1 unspecified atom stereocenters. The Hall–Kier alpha value is -1.55. The van der Waals surface area contributed by atoms with Crippen molar-refractivity contribution in [3.8, 4) is 0 Å². The van der Waals surface area contributed by atoms with Crippen LogP contribution in [0.2, 0.25) is 0 Å². The fraction of sp³-hybridized carbons (Fsp3) is 0.300. The highest BCUT2D eigenvalue weighted by Crippen LogP contribution is 2.22. The monoisotopic (exact) mass is 194 g/mol. The van der Waals surface area contributed by atoms with Crippen molar-refractivity contribution >= 4 is 11.7 Å². The van der Waals surface area contributed by atoms with Crippen molar-refractivity contribution in [3.63, 3.8) is 0 Å². The van der Waals surface area contributed by atoms with Gasteiger partial charge in [-0.2, -0.15) is 0 Å². The Kier molecular flexibility index (Phi) is 2.76. The zero-order valence-electron chi connectivity index (χ0n) is 8.03. The molecule has 0 aromatic heterocycles. The third kappa shape index (κ3) is 2.47. The van der Waals surface area contributed by atoms with Gasteiger partial charge in [0.2, 0.25) is 0 Å². The molecular formula is C10H14N2O2. The molecule has 1 aromatic carbocycles. The second-order valence-electron chi connectivity index (χ2n) is 3.61. The molecule has 0 aliphatic heterocycles. The maximum absolute atomic E-state index is 10.6. The molecule has 0 radical (unpaired) electrons. The van der Waals surface area contributed by atoms with Crippen LogP contribution >= 0.6 is 0 Å². The van der Waals surface area contributed by atoms with Crippen molar-refractivity contribution in [2.24, 2.45) is 5.73 Å². The van der Waals surface area contributed by atoms with E-state index in [1.807, 2.05) is 0 Å². The van der Waals surface area contributed by atoms with Crippen molar-refractivity contribution in [2.45, 2.75) is 18.9 Å². The molecule has 0 saturated heterocycles. The van der Waals surface area contributed by atoms with Gasteiger partial charge in [-0.1, -0.05) is 12.1 Å². The average Bonchev–Trinajstić information content (AvgIpc) is 2.02. The molecule has 0 fully saturated rings. The maximum atomic E-state index is 10.6. The fourth-order valence-corrected chi connectivity index (χ4v) is 1.28. The van der Waals surface area contributed by atoms with Gasteiger partial charge in [0, 0.05) is 11.2 Å². The third-order valence-electron chi connectivity index (χ3n) is 2.09. The minimum atomic E-state index is -0.910. The third-order valence-corrected chi connectivity index (χ3v) is 2.09. The van der Waals surface area contributed by atoms with Crippen LogP contribution in [0.4, 0.5) is 5.69 Å². The molecule has 5 N–H and O–H groups in total. The number of anilines is 1. The number of carbonyl (C=O) groups is 1. The molecule has 0 saturated carbocycles. The zero-order valence-corrected chi connectivity index (χ0v) is 8.03. The van der Waals surface area contributed by atoms with Crippen LogP contribution in [0.3, 0.4) is 0 Å². The van der Waals surface area contributed by atoms with E-state index in [2.05, 4.69) is 0 Å². The zero-order chi connectivity index (χ0) is 10.8. The molecule has 4 nitrogen and oxygen atoms in total.